The highest BCUT2D eigenvalue weighted by Crippen LogP contribution is 2.29. The predicted octanol–water partition coefficient (Wildman–Crippen LogP) is 2.83. The third-order valence-electron chi connectivity index (χ3n) is 3.31. The van der Waals surface area contributed by atoms with Crippen molar-refractivity contribution in [3.05, 3.63) is 54.6 Å². The number of aromatic nitrogens is 3. The van der Waals surface area contributed by atoms with Gasteiger partial charge in [0.1, 0.15) is 11.6 Å². The van der Waals surface area contributed by atoms with E-state index in [1.165, 1.54) is 0 Å². The molecule has 0 aliphatic rings. The number of aryl methyl sites for hydroxylation is 1. The first-order chi connectivity index (χ1) is 10.2. The lowest BCUT2D eigenvalue weighted by Gasteiger charge is -2.13. The fourth-order valence-corrected chi connectivity index (χ4v) is 2.30. The molecule has 106 valence electrons. The fraction of sp³-hybridized carbons (Fsp3) is 0.125. The lowest BCUT2D eigenvalue weighted by atomic mass is 10.1. The van der Waals surface area contributed by atoms with E-state index in [4.69, 9.17) is 10.5 Å². The lowest BCUT2D eigenvalue weighted by Crippen LogP contribution is -2.00. The van der Waals surface area contributed by atoms with Crippen LogP contribution in [0.4, 0.5) is 5.82 Å². The van der Waals surface area contributed by atoms with Gasteiger partial charge in [0.25, 0.3) is 0 Å². The normalized spacial score (nSPS) is 10.6. The number of nitrogens with two attached hydrogens (primary N) is 1. The molecule has 0 radical (unpaired) electrons. The van der Waals surface area contributed by atoms with E-state index in [-0.39, 0.29) is 0 Å². The molecule has 3 aromatic rings. The molecule has 2 N–H and O–H groups in total. The first kappa shape index (κ1) is 13.2. The second-order valence-corrected chi connectivity index (χ2v) is 4.79. The Hall–Kier alpha value is -2.82. The fourth-order valence-electron chi connectivity index (χ4n) is 2.30. The number of benzene rings is 1. The van der Waals surface area contributed by atoms with E-state index >= 15 is 0 Å². The Kier molecular flexibility index (Phi) is 3.31. The Morgan fingerprint density at radius 2 is 2.05 bits per heavy atom. The van der Waals surface area contributed by atoms with Gasteiger partial charge in [0.15, 0.2) is 0 Å². The van der Waals surface area contributed by atoms with Crippen LogP contribution in [-0.4, -0.2) is 21.6 Å². The number of methoxy groups -OCH3 is 1. The highest BCUT2D eigenvalue weighted by molar-refractivity contribution is 5.65. The van der Waals surface area contributed by atoms with Gasteiger partial charge in [-0.2, -0.15) is 0 Å². The summed E-state index contributed by atoms with van der Waals surface area (Å²) in [6.07, 6.45) is 5.26. The van der Waals surface area contributed by atoms with Gasteiger partial charge in [-0.1, -0.05) is 6.07 Å². The van der Waals surface area contributed by atoms with E-state index in [1.54, 1.807) is 25.8 Å². The van der Waals surface area contributed by atoms with Crippen LogP contribution in [0.2, 0.25) is 0 Å². The van der Waals surface area contributed by atoms with Crippen LogP contribution in [0, 0.1) is 6.92 Å². The van der Waals surface area contributed by atoms with Crippen LogP contribution in [0.1, 0.15) is 5.56 Å². The van der Waals surface area contributed by atoms with Gasteiger partial charge in [0, 0.05) is 11.8 Å². The summed E-state index contributed by atoms with van der Waals surface area (Å²) >= 11 is 0. The van der Waals surface area contributed by atoms with Crippen LogP contribution in [0.5, 0.6) is 5.75 Å². The van der Waals surface area contributed by atoms with E-state index in [1.807, 2.05) is 35.8 Å². The zero-order valence-electron chi connectivity index (χ0n) is 11.9. The Balaban J connectivity index is 2.18. The zero-order valence-corrected chi connectivity index (χ0v) is 11.9. The van der Waals surface area contributed by atoms with Crippen LogP contribution < -0.4 is 10.5 Å². The third-order valence-corrected chi connectivity index (χ3v) is 3.31. The smallest absolute Gasteiger partial charge is 0.142 e. The maximum atomic E-state index is 5.77. The van der Waals surface area contributed by atoms with Gasteiger partial charge in [0.05, 0.1) is 31.0 Å². The molecule has 0 spiro atoms. The molecule has 21 heavy (non-hydrogen) atoms. The van der Waals surface area contributed by atoms with Gasteiger partial charge in [-0.25, -0.2) is 9.97 Å². The Bertz CT molecular complexity index is 779. The molecule has 5 heteroatoms. The molecule has 0 saturated carbocycles. The third kappa shape index (κ3) is 2.45. The minimum absolute atomic E-state index is 0.483. The summed E-state index contributed by atoms with van der Waals surface area (Å²) in [5.74, 6) is 1.28. The van der Waals surface area contributed by atoms with Gasteiger partial charge in [-0.15, -0.1) is 0 Å². The highest BCUT2D eigenvalue weighted by Gasteiger charge is 2.11. The summed E-state index contributed by atoms with van der Waals surface area (Å²) in [7, 11) is 1.66. The van der Waals surface area contributed by atoms with Crippen LogP contribution in [0.3, 0.4) is 0 Å². The molecule has 0 atom stereocenters. The van der Waals surface area contributed by atoms with Crippen molar-refractivity contribution in [2.45, 2.75) is 6.92 Å². The van der Waals surface area contributed by atoms with Crippen LogP contribution in [-0.2, 0) is 0 Å². The van der Waals surface area contributed by atoms with Crippen molar-refractivity contribution >= 4 is 5.82 Å². The molecule has 2 aromatic heterocycles. The van der Waals surface area contributed by atoms with Crippen molar-refractivity contribution in [1.82, 2.24) is 14.5 Å². The zero-order chi connectivity index (χ0) is 14.8. The number of hydrogen-bond donors (Lipinski definition) is 1. The van der Waals surface area contributed by atoms with Gasteiger partial charge >= 0.3 is 0 Å². The first-order valence-electron chi connectivity index (χ1n) is 6.58. The molecule has 0 aliphatic carbocycles. The van der Waals surface area contributed by atoms with Crippen molar-refractivity contribution in [3.8, 4) is 22.7 Å². The SMILES string of the molecule is COc1ccc(C)cc1-n1cncc1-c1ccnc(N)c1. The van der Waals surface area contributed by atoms with Crippen LogP contribution in [0.15, 0.2) is 49.1 Å². The molecule has 0 unspecified atom stereocenters. The summed E-state index contributed by atoms with van der Waals surface area (Å²) < 4.78 is 7.44. The Labute approximate surface area is 123 Å². The maximum absolute atomic E-state index is 5.77. The number of nitrogen functional groups attached to an aromatic ring is 1. The van der Waals surface area contributed by atoms with Crippen LogP contribution >= 0.6 is 0 Å². The van der Waals surface area contributed by atoms with Crippen molar-refractivity contribution in [3.63, 3.8) is 0 Å². The molecule has 0 amide bonds. The quantitative estimate of drug-likeness (QED) is 0.801. The number of pyridine rings is 1. The van der Waals surface area contributed by atoms with E-state index in [0.717, 1.165) is 28.3 Å². The minimum atomic E-state index is 0.483. The maximum Gasteiger partial charge on any atom is 0.142 e. The molecule has 0 saturated heterocycles. The summed E-state index contributed by atoms with van der Waals surface area (Å²) in [6, 6.07) is 9.77. The molecule has 3 rings (SSSR count). The lowest BCUT2D eigenvalue weighted by molar-refractivity contribution is 0.413. The molecular weight excluding hydrogens is 264 g/mol. The molecule has 0 bridgehead atoms. The second-order valence-electron chi connectivity index (χ2n) is 4.79. The summed E-state index contributed by atoms with van der Waals surface area (Å²) in [5, 5.41) is 0. The summed E-state index contributed by atoms with van der Waals surface area (Å²) in [4.78, 5) is 8.28. The average molecular weight is 280 g/mol. The van der Waals surface area contributed by atoms with Crippen molar-refractivity contribution in [2.24, 2.45) is 0 Å². The molecule has 1 aromatic carbocycles. The van der Waals surface area contributed by atoms with E-state index in [9.17, 15) is 0 Å². The summed E-state index contributed by atoms with van der Waals surface area (Å²) in [5.41, 5.74) is 9.77. The van der Waals surface area contributed by atoms with Gasteiger partial charge in [-0.3, -0.25) is 4.57 Å². The average Bonchev–Trinajstić information content (AvgIpc) is 2.96. The van der Waals surface area contributed by atoms with Crippen LogP contribution in [0.25, 0.3) is 16.9 Å². The Morgan fingerprint density at radius 1 is 1.19 bits per heavy atom. The van der Waals surface area contributed by atoms with Crippen molar-refractivity contribution in [1.29, 1.82) is 0 Å². The number of ether oxygens (including phenoxy) is 1. The number of hydrogen-bond acceptors (Lipinski definition) is 4. The predicted molar refractivity (Wildman–Crippen MR) is 82.5 cm³/mol. The van der Waals surface area contributed by atoms with Gasteiger partial charge in [0.2, 0.25) is 0 Å². The van der Waals surface area contributed by atoms with E-state index < -0.39 is 0 Å². The molecule has 2 heterocycles. The molecule has 0 fully saturated rings. The standard InChI is InChI=1S/C16H16N4O/c1-11-3-4-15(21-2)13(7-11)20-10-18-9-14(20)12-5-6-19-16(17)8-12/h3-10H,1-2H3,(H2,17,19). The highest BCUT2D eigenvalue weighted by atomic mass is 16.5. The topological polar surface area (TPSA) is 66.0 Å². The number of imidazole rings is 1. The van der Waals surface area contributed by atoms with E-state index in [2.05, 4.69) is 16.0 Å². The second kappa shape index (κ2) is 5.28. The first-order valence-corrected chi connectivity index (χ1v) is 6.58. The van der Waals surface area contributed by atoms with E-state index in [0.29, 0.717) is 5.82 Å². The number of nitrogens with zero attached hydrogens (tertiary/aromatic N) is 3. The van der Waals surface area contributed by atoms with Crippen molar-refractivity contribution < 1.29 is 4.74 Å². The van der Waals surface area contributed by atoms with Gasteiger partial charge < -0.3 is 10.5 Å². The minimum Gasteiger partial charge on any atom is -0.495 e. The number of anilines is 1. The molecular formula is C16H16N4O. The largest absolute Gasteiger partial charge is 0.495 e. The monoisotopic (exact) mass is 280 g/mol. The van der Waals surface area contributed by atoms with Crippen molar-refractivity contribution in [2.75, 3.05) is 12.8 Å². The summed E-state index contributed by atoms with van der Waals surface area (Å²) in [6.45, 7) is 2.05. The molecule has 0 aliphatic heterocycles. The Morgan fingerprint density at radius 3 is 2.81 bits per heavy atom. The number of rotatable bonds is 3. The molecule has 5 nitrogen and oxygen atoms in total. The van der Waals surface area contributed by atoms with Gasteiger partial charge in [-0.05, 0) is 36.8 Å².